The SMILES string of the molecule is CC(C)(C)c1ccc(F)cc1F.CC(C)(C)c1ccc(F)nc1.CC(C)(C)c1ccc(OC(F)F)nc1.CCn1cc(C(C)(C)C)cn1.Cc1ccc(C(C)(C)C)cc1.Cc1ccc(C(C)(C)C)cn1.Cc1ccn(C(C)(C)C)c(=O)c1. The van der Waals surface area contributed by atoms with Gasteiger partial charge in [0, 0.05) is 67.0 Å². The number of aryl methyl sites for hydroxylation is 4. The molecule has 0 saturated heterocycles. The predicted octanol–water partition coefficient (Wildman–Crippen LogP) is 18.9. The molecule has 0 aliphatic carbocycles. The minimum absolute atomic E-state index is 0.0314. The van der Waals surface area contributed by atoms with Crippen LogP contribution in [0.5, 0.6) is 5.88 Å². The number of benzene rings is 2. The zero-order valence-corrected chi connectivity index (χ0v) is 54.3. The highest BCUT2D eigenvalue weighted by Gasteiger charge is 2.20. The molecule has 5 heterocycles. The first-order valence-electron chi connectivity index (χ1n) is 28.0. The van der Waals surface area contributed by atoms with Crippen LogP contribution in [0.3, 0.4) is 0 Å². The lowest BCUT2D eigenvalue weighted by Crippen LogP contribution is -2.32. The highest BCUT2D eigenvalue weighted by molar-refractivity contribution is 5.28. The Kier molecular flexibility index (Phi) is 28.0. The van der Waals surface area contributed by atoms with Crippen LogP contribution in [0.2, 0.25) is 0 Å². The number of pyridine rings is 4. The third-order valence-electron chi connectivity index (χ3n) is 12.5. The van der Waals surface area contributed by atoms with Crippen molar-refractivity contribution >= 4 is 0 Å². The molecule has 0 atom stereocenters. The Hall–Kier alpha value is -6.50. The van der Waals surface area contributed by atoms with Crippen molar-refractivity contribution in [2.24, 2.45) is 0 Å². The maximum atomic E-state index is 13.1. The fourth-order valence-electron chi connectivity index (χ4n) is 6.92. The lowest BCUT2D eigenvalue weighted by atomic mass is 9.87. The Labute approximate surface area is 490 Å². The van der Waals surface area contributed by atoms with Crippen LogP contribution in [-0.2, 0) is 44.6 Å². The summed E-state index contributed by atoms with van der Waals surface area (Å²) in [7, 11) is 0. The van der Waals surface area contributed by atoms with E-state index in [1.54, 1.807) is 35.2 Å². The highest BCUT2D eigenvalue weighted by Crippen LogP contribution is 2.27. The normalized spacial score (nSPS) is 11.7. The maximum Gasteiger partial charge on any atom is 0.388 e. The molecule has 0 amide bonds. The summed E-state index contributed by atoms with van der Waals surface area (Å²) in [6.45, 7) is 50.2. The molecule has 7 aromatic rings. The fourth-order valence-corrected chi connectivity index (χ4v) is 6.92. The van der Waals surface area contributed by atoms with Gasteiger partial charge in [-0.1, -0.05) is 179 Å². The molecule has 0 spiro atoms. The molecule has 0 aliphatic heterocycles. The van der Waals surface area contributed by atoms with Crippen molar-refractivity contribution in [3.8, 4) is 5.88 Å². The van der Waals surface area contributed by atoms with Crippen molar-refractivity contribution in [1.82, 2.24) is 29.3 Å². The molecule has 5 aromatic heterocycles. The minimum Gasteiger partial charge on any atom is -0.417 e. The number of hydrogen-bond acceptors (Lipinski definition) is 6. The summed E-state index contributed by atoms with van der Waals surface area (Å²) in [5, 5.41) is 4.22. The molecule has 13 heteroatoms. The second-order valence-corrected chi connectivity index (χ2v) is 27.5. The van der Waals surface area contributed by atoms with E-state index in [0.29, 0.717) is 5.56 Å². The molecular weight excluding hydrogens is 1040 g/mol. The quantitative estimate of drug-likeness (QED) is 0.129. The molecule has 0 bridgehead atoms. The third-order valence-corrected chi connectivity index (χ3v) is 12.5. The van der Waals surface area contributed by atoms with Crippen molar-refractivity contribution in [3.63, 3.8) is 0 Å². The van der Waals surface area contributed by atoms with Crippen molar-refractivity contribution in [2.75, 3.05) is 0 Å². The highest BCUT2D eigenvalue weighted by atomic mass is 19.3. The van der Waals surface area contributed by atoms with Crippen LogP contribution >= 0.6 is 0 Å². The van der Waals surface area contributed by atoms with Gasteiger partial charge >= 0.3 is 6.61 Å². The zero-order valence-electron chi connectivity index (χ0n) is 54.3. The summed E-state index contributed by atoms with van der Waals surface area (Å²) in [5.41, 5.74) is 10.5. The number of halogens is 5. The average Bonchev–Trinajstić information content (AvgIpc) is 3.92. The number of rotatable bonds is 3. The van der Waals surface area contributed by atoms with Crippen LogP contribution in [0.15, 0.2) is 133 Å². The number of aromatic nitrogens is 6. The van der Waals surface area contributed by atoms with Gasteiger partial charge in [-0.2, -0.15) is 18.3 Å². The van der Waals surface area contributed by atoms with Crippen molar-refractivity contribution in [3.05, 3.63) is 206 Å². The Morgan fingerprint density at radius 2 is 0.951 bits per heavy atom. The first-order chi connectivity index (χ1) is 37.2. The first kappa shape index (κ1) is 73.5. The number of alkyl halides is 2. The smallest absolute Gasteiger partial charge is 0.388 e. The van der Waals surface area contributed by atoms with Crippen molar-refractivity contribution < 1.29 is 26.7 Å². The van der Waals surface area contributed by atoms with Crippen molar-refractivity contribution in [1.29, 1.82) is 0 Å². The van der Waals surface area contributed by atoms with E-state index in [2.05, 4.69) is 164 Å². The van der Waals surface area contributed by atoms with Crippen LogP contribution < -0.4 is 10.3 Å². The summed E-state index contributed by atoms with van der Waals surface area (Å²) < 4.78 is 69.4. The van der Waals surface area contributed by atoms with Crippen molar-refractivity contribution in [2.45, 2.75) is 224 Å². The van der Waals surface area contributed by atoms with Crippen LogP contribution in [0.1, 0.15) is 203 Å². The van der Waals surface area contributed by atoms with Gasteiger partial charge in [0.2, 0.25) is 11.8 Å². The van der Waals surface area contributed by atoms with Crippen LogP contribution in [0, 0.1) is 38.4 Å². The van der Waals surface area contributed by atoms with E-state index in [0.717, 1.165) is 35.0 Å². The average molecular weight is 1140 g/mol. The fraction of sp³-hybridized carbons (Fsp3) is 0.493. The van der Waals surface area contributed by atoms with Gasteiger partial charge in [0.15, 0.2) is 0 Å². The van der Waals surface area contributed by atoms with Gasteiger partial charge in [-0.15, -0.1) is 0 Å². The minimum atomic E-state index is -2.82. The lowest BCUT2D eigenvalue weighted by molar-refractivity contribution is -0.0528. The van der Waals surface area contributed by atoms with E-state index in [4.69, 9.17) is 0 Å². The summed E-state index contributed by atoms with van der Waals surface area (Å²) in [5.74, 6) is -1.46. The van der Waals surface area contributed by atoms with Crippen LogP contribution in [-0.4, -0.2) is 35.9 Å². The lowest BCUT2D eigenvalue weighted by Gasteiger charge is -2.21. The molecule has 0 saturated carbocycles. The van der Waals surface area contributed by atoms with Crippen LogP contribution in [0.25, 0.3) is 0 Å². The molecule has 0 unspecified atom stereocenters. The topological polar surface area (TPSA) is 87.7 Å². The predicted molar refractivity (Wildman–Crippen MR) is 332 cm³/mol. The molecular formula is C69H99F5N6O2. The molecule has 0 fully saturated rings. The van der Waals surface area contributed by atoms with Gasteiger partial charge in [-0.25, -0.2) is 18.7 Å². The second kappa shape index (κ2) is 31.2. The Morgan fingerprint density at radius 1 is 0.488 bits per heavy atom. The van der Waals surface area contributed by atoms with E-state index < -0.39 is 24.2 Å². The molecule has 0 N–H and O–H groups in total. The van der Waals surface area contributed by atoms with Gasteiger partial charge in [-0.3, -0.25) is 14.5 Å². The standard InChI is InChI=1S/C11H16.C10H13F2NO.C10H12F2.C10H15NO.C10H15N.C9H12FN.C9H16N2/c1-9-5-7-10(8-6-9)11(2,3)4;1-10(2,3)7-4-5-8(13-6-7)14-9(11)12;1-10(2,3)8-5-4-7(11)6-9(8)12;1-8-5-6-11(9(12)7-8)10(2,3)4;1-8-5-6-9(7-11-8)10(2,3)4;1-9(2,3)7-4-5-8(10)11-6-7;1-5-11-7-8(6-10-11)9(2,3)4/h5-8H,1-4H3;4-6,9H,1-3H3;4-6H,1-3H3;5-7H,1-4H3;5-7H,1-4H3;4-6H,1-3H3;6-7H,5H2,1-4H3. The molecule has 452 valence electrons. The van der Waals surface area contributed by atoms with Gasteiger partial charge in [0.1, 0.15) is 11.6 Å². The number of hydrogen-bond donors (Lipinski definition) is 0. The zero-order chi connectivity index (χ0) is 63.4. The Morgan fingerprint density at radius 3 is 1.29 bits per heavy atom. The summed E-state index contributed by atoms with van der Waals surface area (Å²) in [6.07, 6.45) is 11.0. The van der Waals surface area contributed by atoms with E-state index in [1.165, 1.54) is 46.5 Å². The van der Waals surface area contributed by atoms with Gasteiger partial charge in [-0.05, 0) is 144 Å². The van der Waals surface area contributed by atoms with E-state index in [-0.39, 0.29) is 49.5 Å². The first-order valence-corrected chi connectivity index (χ1v) is 28.0. The molecule has 7 rings (SSSR count). The summed E-state index contributed by atoms with van der Waals surface area (Å²) in [6, 6.07) is 26.6. The Balaban J connectivity index is 0.000000479. The molecule has 0 aliphatic rings. The van der Waals surface area contributed by atoms with E-state index in [9.17, 15) is 26.7 Å². The largest absolute Gasteiger partial charge is 0.417 e. The van der Waals surface area contributed by atoms with Gasteiger partial charge in [0.25, 0.3) is 5.56 Å². The summed E-state index contributed by atoms with van der Waals surface area (Å²) >= 11 is 0. The maximum absolute atomic E-state index is 13.1. The second-order valence-electron chi connectivity index (χ2n) is 27.5. The van der Waals surface area contributed by atoms with E-state index in [1.807, 2.05) is 105 Å². The molecule has 0 radical (unpaired) electrons. The van der Waals surface area contributed by atoms with Gasteiger partial charge in [0.05, 0.1) is 6.20 Å². The molecule has 2 aromatic carbocycles. The Bertz CT molecular complexity index is 2860. The monoisotopic (exact) mass is 1140 g/mol. The summed E-state index contributed by atoms with van der Waals surface area (Å²) in [4.78, 5) is 23.1. The van der Waals surface area contributed by atoms with Crippen LogP contribution in [0.4, 0.5) is 22.0 Å². The van der Waals surface area contributed by atoms with E-state index >= 15 is 0 Å². The third kappa shape index (κ3) is 28.5. The number of nitrogens with zero attached hydrogens (tertiary/aromatic N) is 6. The van der Waals surface area contributed by atoms with Gasteiger partial charge < -0.3 is 9.30 Å². The number of ether oxygens (including phenoxy) is 1. The molecule has 8 nitrogen and oxygen atoms in total. The molecule has 82 heavy (non-hydrogen) atoms.